The molecule has 1 saturated heterocycles. The second-order valence-corrected chi connectivity index (χ2v) is 8.16. The Morgan fingerprint density at radius 3 is 1.73 bits per heavy atom. The monoisotopic (exact) mass is 376 g/mol. The Morgan fingerprint density at radius 1 is 0.808 bits per heavy atom. The molecule has 2 aromatic rings. The lowest BCUT2D eigenvalue weighted by Gasteiger charge is -2.41. The molecule has 0 spiro atoms. The zero-order valence-electron chi connectivity index (χ0n) is 15.4. The first-order valence-electron chi connectivity index (χ1n) is 8.61. The molecule has 0 radical (unpaired) electrons. The number of hydrogen-bond acceptors (Lipinski definition) is 5. The van der Waals surface area contributed by atoms with E-state index < -0.39 is 14.4 Å². The Bertz CT molecular complexity index is 626. The summed E-state index contributed by atoms with van der Waals surface area (Å²) < 4.78 is 29.4. The van der Waals surface area contributed by atoms with E-state index in [2.05, 4.69) is 6.92 Å². The largest absolute Gasteiger partial charge is 0.463 e. The minimum absolute atomic E-state index is 0.254. The van der Waals surface area contributed by atoms with Crippen LogP contribution in [0.1, 0.15) is 20.8 Å². The minimum atomic E-state index is -1.60. The Hall–Kier alpha value is -1.65. The molecule has 140 valence electrons. The summed E-state index contributed by atoms with van der Waals surface area (Å²) in [5, 5.41) is 0. The fourth-order valence-corrected chi connectivity index (χ4v) is 3.42. The lowest BCUT2D eigenvalue weighted by Crippen LogP contribution is -2.47. The van der Waals surface area contributed by atoms with Crippen molar-refractivity contribution in [2.75, 3.05) is 19.8 Å². The zero-order chi connectivity index (χ0) is 18.5. The van der Waals surface area contributed by atoms with E-state index in [1.807, 2.05) is 74.5 Å². The van der Waals surface area contributed by atoms with Gasteiger partial charge in [0.15, 0.2) is 5.79 Å². The fourth-order valence-electron chi connectivity index (χ4n) is 2.28. The van der Waals surface area contributed by atoms with Gasteiger partial charge in [-0.3, -0.25) is 4.52 Å². The van der Waals surface area contributed by atoms with Gasteiger partial charge in [-0.15, -0.1) is 0 Å². The summed E-state index contributed by atoms with van der Waals surface area (Å²) in [6.07, 6.45) is 0. The summed E-state index contributed by atoms with van der Waals surface area (Å²) in [4.78, 5) is 0. The van der Waals surface area contributed by atoms with Gasteiger partial charge in [0.25, 0.3) is 0 Å². The highest BCUT2D eigenvalue weighted by atomic mass is 31.2. The van der Waals surface area contributed by atoms with E-state index in [0.717, 1.165) is 0 Å². The predicted octanol–water partition coefficient (Wildman–Crippen LogP) is 5.18. The fraction of sp³-hybridized carbons (Fsp3) is 0.400. The van der Waals surface area contributed by atoms with Gasteiger partial charge in [-0.25, -0.2) is 0 Å². The summed E-state index contributed by atoms with van der Waals surface area (Å²) in [5.74, 6) is 0.861. The number of para-hydroxylation sites is 2. The Morgan fingerprint density at radius 2 is 1.27 bits per heavy atom. The van der Waals surface area contributed by atoms with Crippen molar-refractivity contribution in [3.8, 4) is 11.5 Å². The summed E-state index contributed by atoms with van der Waals surface area (Å²) in [7, 11) is -1.60. The average Bonchev–Trinajstić information content (AvgIpc) is 2.65. The lowest BCUT2D eigenvalue weighted by atomic mass is 9.93. The molecule has 2 aromatic carbocycles. The van der Waals surface area contributed by atoms with Crippen LogP contribution in [-0.2, 0) is 14.0 Å². The molecule has 0 atom stereocenters. The molecule has 1 fully saturated rings. The van der Waals surface area contributed by atoms with Crippen molar-refractivity contribution in [2.24, 2.45) is 5.41 Å². The van der Waals surface area contributed by atoms with Gasteiger partial charge >= 0.3 is 8.60 Å². The molecule has 1 aliphatic rings. The van der Waals surface area contributed by atoms with Gasteiger partial charge in [-0.05, 0) is 38.1 Å². The molecule has 5 nitrogen and oxygen atoms in total. The van der Waals surface area contributed by atoms with Gasteiger partial charge < -0.3 is 18.5 Å². The van der Waals surface area contributed by atoms with Crippen molar-refractivity contribution in [3.05, 3.63) is 60.7 Å². The second-order valence-electron chi connectivity index (χ2n) is 7.09. The first-order valence-corrected chi connectivity index (χ1v) is 9.71. The van der Waals surface area contributed by atoms with E-state index in [0.29, 0.717) is 31.3 Å². The highest BCUT2D eigenvalue weighted by molar-refractivity contribution is 7.42. The highest BCUT2D eigenvalue weighted by Crippen LogP contribution is 2.43. The maximum atomic E-state index is 6.02. The second kappa shape index (κ2) is 8.36. The Balaban J connectivity index is 1.63. The maximum Gasteiger partial charge on any atom is 0.463 e. The topological polar surface area (TPSA) is 46.2 Å². The molecule has 0 N–H and O–H groups in total. The first kappa shape index (κ1) is 19.1. The summed E-state index contributed by atoms with van der Waals surface area (Å²) in [5.41, 5.74) is -0.254. The third kappa shape index (κ3) is 5.68. The molecule has 3 rings (SSSR count). The molecular formula is C20H25O5P. The molecule has 6 heteroatoms. The molecule has 0 aromatic heterocycles. The highest BCUT2D eigenvalue weighted by Gasteiger charge is 2.38. The van der Waals surface area contributed by atoms with Crippen LogP contribution in [0, 0.1) is 5.41 Å². The zero-order valence-corrected chi connectivity index (χ0v) is 16.3. The van der Waals surface area contributed by atoms with E-state index in [4.69, 9.17) is 23.0 Å². The van der Waals surface area contributed by atoms with Crippen molar-refractivity contribution in [2.45, 2.75) is 26.6 Å². The molecule has 26 heavy (non-hydrogen) atoms. The summed E-state index contributed by atoms with van der Waals surface area (Å²) in [6.45, 7) is 7.42. The van der Waals surface area contributed by atoms with Crippen molar-refractivity contribution in [1.82, 2.24) is 0 Å². The Labute approximate surface area is 156 Å². The van der Waals surface area contributed by atoms with Crippen molar-refractivity contribution >= 4 is 8.60 Å². The average molecular weight is 376 g/mol. The van der Waals surface area contributed by atoms with Gasteiger partial charge in [0.2, 0.25) is 0 Å². The van der Waals surface area contributed by atoms with Crippen LogP contribution in [0.25, 0.3) is 0 Å². The van der Waals surface area contributed by atoms with Crippen LogP contribution in [-0.4, -0.2) is 25.6 Å². The van der Waals surface area contributed by atoms with Crippen LogP contribution in [0.2, 0.25) is 0 Å². The van der Waals surface area contributed by atoms with Crippen molar-refractivity contribution in [1.29, 1.82) is 0 Å². The van der Waals surface area contributed by atoms with E-state index in [-0.39, 0.29) is 5.41 Å². The smallest absolute Gasteiger partial charge is 0.418 e. The quantitative estimate of drug-likeness (QED) is 0.623. The van der Waals surface area contributed by atoms with Crippen LogP contribution in [0.4, 0.5) is 0 Å². The van der Waals surface area contributed by atoms with E-state index >= 15 is 0 Å². The standard InChI is InChI=1S/C20H25O5P/c1-19(2)21-14-20(3,15-22-19)16-23-26(24-17-10-6-4-7-11-17)25-18-12-8-5-9-13-18/h4-13H,14-16H2,1-3H3. The summed E-state index contributed by atoms with van der Waals surface area (Å²) in [6, 6.07) is 19.0. The molecule has 0 saturated carbocycles. The van der Waals surface area contributed by atoms with Crippen LogP contribution < -0.4 is 9.05 Å². The SMILES string of the molecule is CC1(COP(Oc2ccccc2)Oc2ccccc2)COC(C)(C)OC1. The summed E-state index contributed by atoms with van der Waals surface area (Å²) >= 11 is 0. The van der Waals surface area contributed by atoms with Gasteiger partial charge in [0, 0.05) is 5.41 Å². The minimum Gasteiger partial charge on any atom is -0.418 e. The molecule has 0 amide bonds. The molecule has 0 unspecified atom stereocenters. The normalized spacial score (nSPS) is 18.5. The molecule has 0 aliphatic carbocycles. The first-order chi connectivity index (χ1) is 12.4. The molecular weight excluding hydrogens is 351 g/mol. The van der Waals surface area contributed by atoms with Crippen molar-refractivity contribution < 1.29 is 23.0 Å². The van der Waals surface area contributed by atoms with Gasteiger partial charge in [-0.1, -0.05) is 43.3 Å². The number of rotatable bonds is 7. The van der Waals surface area contributed by atoms with Crippen LogP contribution >= 0.6 is 8.60 Å². The third-order valence-corrected chi connectivity index (χ3v) is 4.96. The third-order valence-electron chi connectivity index (χ3n) is 3.90. The number of ether oxygens (including phenoxy) is 2. The van der Waals surface area contributed by atoms with Gasteiger partial charge in [0.1, 0.15) is 11.5 Å². The maximum absolute atomic E-state index is 6.02. The van der Waals surface area contributed by atoms with E-state index in [9.17, 15) is 0 Å². The number of benzene rings is 2. The Kier molecular flexibility index (Phi) is 6.15. The van der Waals surface area contributed by atoms with Crippen LogP contribution in [0.15, 0.2) is 60.7 Å². The molecule has 1 heterocycles. The van der Waals surface area contributed by atoms with E-state index in [1.165, 1.54) is 0 Å². The van der Waals surface area contributed by atoms with Crippen LogP contribution in [0.5, 0.6) is 11.5 Å². The van der Waals surface area contributed by atoms with Crippen LogP contribution in [0.3, 0.4) is 0 Å². The van der Waals surface area contributed by atoms with E-state index in [1.54, 1.807) is 0 Å². The van der Waals surface area contributed by atoms with Gasteiger partial charge in [0.05, 0.1) is 19.8 Å². The van der Waals surface area contributed by atoms with Crippen molar-refractivity contribution in [3.63, 3.8) is 0 Å². The molecule has 0 bridgehead atoms. The lowest BCUT2D eigenvalue weighted by molar-refractivity contribution is -0.285. The predicted molar refractivity (Wildman–Crippen MR) is 101 cm³/mol. The number of hydrogen-bond donors (Lipinski definition) is 0. The molecule has 1 aliphatic heterocycles. The van der Waals surface area contributed by atoms with Gasteiger partial charge in [-0.2, -0.15) is 0 Å².